The van der Waals surface area contributed by atoms with Crippen LogP contribution in [0.3, 0.4) is 0 Å². The number of amidine groups is 1. The van der Waals surface area contributed by atoms with Gasteiger partial charge in [-0.1, -0.05) is 12.1 Å². The molecule has 1 unspecified atom stereocenters. The van der Waals surface area contributed by atoms with E-state index in [0.29, 0.717) is 28.5 Å². The minimum atomic E-state index is -0.967. The Balaban J connectivity index is 1.80. The van der Waals surface area contributed by atoms with Crippen LogP contribution in [-0.4, -0.2) is 48.1 Å². The fraction of sp³-hybridized carbons (Fsp3) is 0.238. The van der Waals surface area contributed by atoms with Gasteiger partial charge in [-0.05, 0) is 12.1 Å². The zero-order valence-electron chi connectivity index (χ0n) is 16.1. The number of H-pyrrole nitrogens is 1. The summed E-state index contributed by atoms with van der Waals surface area (Å²) in [6.45, 7) is -0.0857. The van der Waals surface area contributed by atoms with Crippen molar-refractivity contribution in [2.45, 2.75) is 12.3 Å². The van der Waals surface area contributed by atoms with Crippen LogP contribution in [0.25, 0.3) is 11.0 Å². The van der Waals surface area contributed by atoms with Gasteiger partial charge in [0.25, 0.3) is 0 Å². The molecule has 0 amide bonds. The first-order valence-corrected chi connectivity index (χ1v) is 9.08. The van der Waals surface area contributed by atoms with E-state index in [1.807, 2.05) is 24.3 Å². The summed E-state index contributed by atoms with van der Waals surface area (Å²) >= 11 is 0. The van der Waals surface area contributed by atoms with Crippen molar-refractivity contribution in [1.29, 1.82) is 5.41 Å². The summed E-state index contributed by atoms with van der Waals surface area (Å²) in [4.78, 5) is 34.4. The maximum Gasteiger partial charge on any atom is 0.159 e. The highest BCUT2D eigenvalue weighted by molar-refractivity contribution is 6.22. The van der Waals surface area contributed by atoms with E-state index in [1.165, 1.54) is 19.1 Å². The van der Waals surface area contributed by atoms with E-state index in [2.05, 4.69) is 9.97 Å². The number of hydrogen-bond donors (Lipinski definition) is 2. The molecule has 4 rings (SSSR count). The number of hydrogen-bond acceptors (Lipinski definition) is 6. The molecular weight excluding hydrogens is 372 g/mol. The Morgan fingerprint density at radius 3 is 2.45 bits per heavy atom. The maximum absolute atomic E-state index is 12.8. The smallest absolute Gasteiger partial charge is 0.159 e. The molecular formula is C21H20N4O4. The number of carbonyl (C=O) groups excluding carboxylic acids is 2. The number of benzene rings is 2. The van der Waals surface area contributed by atoms with E-state index in [9.17, 15) is 9.59 Å². The Kier molecular flexibility index (Phi) is 4.75. The van der Waals surface area contributed by atoms with Gasteiger partial charge >= 0.3 is 0 Å². The van der Waals surface area contributed by atoms with Gasteiger partial charge in [-0.25, -0.2) is 4.98 Å². The molecule has 1 aliphatic rings. The number of aromatic amines is 1. The highest BCUT2D eigenvalue weighted by Gasteiger charge is 2.37. The lowest BCUT2D eigenvalue weighted by Gasteiger charge is -2.26. The number of imidazole rings is 1. The fourth-order valence-electron chi connectivity index (χ4n) is 3.49. The first-order valence-electron chi connectivity index (χ1n) is 9.08. The molecule has 2 N–H and O–H groups in total. The lowest BCUT2D eigenvalue weighted by molar-refractivity contribution is -0.125. The topological polar surface area (TPSA) is 108 Å². The third-order valence-corrected chi connectivity index (χ3v) is 4.92. The molecule has 0 bridgehead atoms. The van der Waals surface area contributed by atoms with Crippen molar-refractivity contribution in [1.82, 2.24) is 9.97 Å². The molecule has 8 nitrogen and oxygen atoms in total. The zero-order chi connectivity index (χ0) is 20.5. The monoisotopic (exact) mass is 392 g/mol. The van der Waals surface area contributed by atoms with Crippen molar-refractivity contribution in [2.24, 2.45) is 0 Å². The van der Waals surface area contributed by atoms with Crippen molar-refractivity contribution >= 4 is 34.1 Å². The summed E-state index contributed by atoms with van der Waals surface area (Å²) in [5, 5.41) is 8.78. The molecule has 1 aromatic heterocycles. The van der Waals surface area contributed by atoms with Gasteiger partial charge < -0.3 is 19.4 Å². The van der Waals surface area contributed by atoms with Crippen molar-refractivity contribution in [2.75, 3.05) is 25.7 Å². The van der Waals surface area contributed by atoms with Gasteiger partial charge in [-0.3, -0.25) is 15.0 Å². The molecule has 8 heteroatoms. The second kappa shape index (κ2) is 7.38. The predicted molar refractivity (Wildman–Crippen MR) is 108 cm³/mol. The largest absolute Gasteiger partial charge is 0.497 e. The molecule has 1 aliphatic heterocycles. The standard InChI is InChI=1S/C21H20N4O4/c1-28-14-7-12(8-15(10-14)29-2)25-11-13(26)9-18(27)19(20(25)22)21-23-16-5-3-4-6-17(16)24-21/h3-8,10,19,22H,9,11H2,1-2H3,(H,23,24). The first kappa shape index (κ1) is 18.7. The summed E-state index contributed by atoms with van der Waals surface area (Å²) in [5.41, 5.74) is 2.01. The SMILES string of the molecule is COc1cc(OC)cc(N2CC(=O)CC(=O)C(c3nc4ccccc4[nH]3)C2=N)c1. The molecule has 1 saturated heterocycles. The van der Waals surface area contributed by atoms with Crippen LogP contribution in [0, 0.1) is 5.41 Å². The van der Waals surface area contributed by atoms with Crippen LogP contribution in [-0.2, 0) is 9.59 Å². The Hall–Kier alpha value is -3.68. The molecule has 0 saturated carbocycles. The van der Waals surface area contributed by atoms with Crippen molar-refractivity contribution in [3.63, 3.8) is 0 Å². The van der Waals surface area contributed by atoms with Crippen molar-refractivity contribution < 1.29 is 19.1 Å². The number of methoxy groups -OCH3 is 2. The summed E-state index contributed by atoms with van der Waals surface area (Å²) < 4.78 is 10.6. The lowest BCUT2D eigenvalue weighted by Crippen LogP contribution is -2.37. The Morgan fingerprint density at radius 2 is 1.79 bits per heavy atom. The molecule has 1 atom stereocenters. The molecule has 2 aromatic carbocycles. The second-order valence-electron chi connectivity index (χ2n) is 6.80. The van der Waals surface area contributed by atoms with Gasteiger partial charge in [-0.15, -0.1) is 0 Å². The number of nitrogens with zero attached hydrogens (tertiary/aromatic N) is 2. The Bertz CT molecular complexity index is 1070. The minimum absolute atomic E-state index is 0.0183. The van der Waals surface area contributed by atoms with Gasteiger partial charge in [-0.2, -0.15) is 0 Å². The highest BCUT2D eigenvalue weighted by Crippen LogP contribution is 2.32. The normalized spacial score (nSPS) is 17.5. The minimum Gasteiger partial charge on any atom is -0.497 e. The van der Waals surface area contributed by atoms with Gasteiger partial charge in [0, 0.05) is 23.9 Å². The van der Waals surface area contributed by atoms with Crippen LogP contribution >= 0.6 is 0 Å². The summed E-state index contributed by atoms with van der Waals surface area (Å²) in [5.74, 6) is -0.195. The number of ketones is 2. The molecule has 2 heterocycles. The summed E-state index contributed by atoms with van der Waals surface area (Å²) in [7, 11) is 3.05. The third kappa shape index (κ3) is 3.44. The summed E-state index contributed by atoms with van der Waals surface area (Å²) in [6.07, 6.45) is -0.248. The number of aromatic nitrogens is 2. The van der Waals surface area contributed by atoms with E-state index < -0.39 is 5.92 Å². The zero-order valence-corrected chi connectivity index (χ0v) is 16.1. The number of nitrogens with one attached hydrogen (secondary N) is 2. The number of para-hydroxylation sites is 2. The fourth-order valence-corrected chi connectivity index (χ4v) is 3.49. The number of carbonyl (C=O) groups is 2. The number of rotatable bonds is 4. The molecule has 3 aromatic rings. The van der Waals surface area contributed by atoms with Crippen LogP contribution in [0.15, 0.2) is 42.5 Å². The quantitative estimate of drug-likeness (QED) is 0.661. The summed E-state index contributed by atoms with van der Waals surface area (Å²) in [6, 6.07) is 12.5. The first-order chi connectivity index (χ1) is 14.0. The molecule has 0 spiro atoms. The van der Waals surface area contributed by atoms with E-state index in [1.54, 1.807) is 18.2 Å². The molecule has 29 heavy (non-hydrogen) atoms. The average Bonchev–Trinajstić information content (AvgIpc) is 3.10. The number of Topliss-reactive ketones (excluding diaryl/α,β-unsaturated/α-hetero) is 2. The third-order valence-electron chi connectivity index (χ3n) is 4.92. The molecule has 1 fully saturated rings. The molecule has 148 valence electrons. The second-order valence-corrected chi connectivity index (χ2v) is 6.80. The van der Waals surface area contributed by atoms with E-state index in [4.69, 9.17) is 14.9 Å². The number of ether oxygens (including phenoxy) is 2. The van der Waals surface area contributed by atoms with Crippen molar-refractivity contribution in [3.8, 4) is 11.5 Å². The molecule has 0 radical (unpaired) electrons. The van der Waals surface area contributed by atoms with E-state index >= 15 is 0 Å². The van der Waals surface area contributed by atoms with Gasteiger partial charge in [0.15, 0.2) is 11.6 Å². The van der Waals surface area contributed by atoms with Crippen molar-refractivity contribution in [3.05, 3.63) is 48.3 Å². The Morgan fingerprint density at radius 1 is 1.10 bits per heavy atom. The lowest BCUT2D eigenvalue weighted by atomic mass is 9.99. The number of anilines is 1. The maximum atomic E-state index is 12.8. The van der Waals surface area contributed by atoms with E-state index in [0.717, 1.165) is 5.52 Å². The molecule has 0 aliphatic carbocycles. The van der Waals surface area contributed by atoms with Gasteiger partial charge in [0.2, 0.25) is 0 Å². The van der Waals surface area contributed by atoms with E-state index in [-0.39, 0.29) is 30.4 Å². The van der Waals surface area contributed by atoms with Crippen LogP contribution in [0.4, 0.5) is 5.69 Å². The number of fused-ring (bicyclic) bond motifs is 1. The van der Waals surface area contributed by atoms with Crippen LogP contribution in [0.5, 0.6) is 11.5 Å². The van der Waals surface area contributed by atoms with Crippen LogP contribution in [0.2, 0.25) is 0 Å². The average molecular weight is 392 g/mol. The highest BCUT2D eigenvalue weighted by atomic mass is 16.5. The van der Waals surface area contributed by atoms with Crippen LogP contribution < -0.4 is 14.4 Å². The van der Waals surface area contributed by atoms with Gasteiger partial charge in [0.1, 0.15) is 29.1 Å². The van der Waals surface area contributed by atoms with Gasteiger partial charge in [0.05, 0.1) is 38.2 Å². The Labute approximate surface area is 167 Å². The van der Waals surface area contributed by atoms with Crippen LogP contribution in [0.1, 0.15) is 18.2 Å². The predicted octanol–water partition coefficient (Wildman–Crippen LogP) is 2.69.